The standard InChI is InChI=1S/C16H22N2O2/c1-18(12-6-4-7-13(9-12)20-2)16(19)15-14-8-3-5-11(14)10-17-15/h4,6-7,9,11,14-15,17H,3,5,8,10H2,1-2H3. The van der Waals surface area contributed by atoms with Crippen molar-refractivity contribution in [2.45, 2.75) is 25.3 Å². The highest BCUT2D eigenvalue weighted by atomic mass is 16.5. The van der Waals surface area contributed by atoms with Gasteiger partial charge in [-0.1, -0.05) is 12.5 Å². The Morgan fingerprint density at radius 2 is 2.25 bits per heavy atom. The number of benzene rings is 1. The summed E-state index contributed by atoms with van der Waals surface area (Å²) in [5, 5.41) is 3.42. The first-order valence-corrected chi connectivity index (χ1v) is 7.35. The second-order valence-corrected chi connectivity index (χ2v) is 5.84. The largest absolute Gasteiger partial charge is 0.497 e. The van der Waals surface area contributed by atoms with E-state index >= 15 is 0 Å². The summed E-state index contributed by atoms with van der Waals surface area (Å²) in [7, 11) is 3.49. The van der Waals surface area contributed by atoms with Crippen LogP contribution >= 0.6 is 0 Å². The molecule has 3 atom stereocenters. The summed E-state index contributed by atoms with van der Waals surface area (Å²) in [4.78, 5) is 14.5. The van der Waals surface area contributed by atoms with Crippen LogP contribution in [0.3, 0.4) is 0 Å². The Morgan fingerprint density at radius 1 is 1.40 bits per heavy atom. The second kappa shape index (κ2) is 5.44. The summed E-state index contributed by atoms with van der Waals surface area (Å²) in [5.74, 6) is 2.17. The van der Waals surface area contributed by atoms with E-state index < -0.39 is 0 Å². The molecule has 0 aromatic heterocycles. The Kier molecular flexibility index (Phi) is 3.66. The van der Waals surface area contributed by atoms with Crippen molar-refractivity contribution in [2.75, 3.05) is 25.6 Å². The van der Waals surface area contributed by atoms with Crippen LogP contribution < -0.4 is 15.0 Å². The van der Waals surface area contributed by atoms with Crippen molar-refractivity contribution in [1.82, 2.24) is 5.32 Å². The van der Waals surface area contributed by atoms with Gasteiger partial charge in [0, 0.05) is 18.8 Å². The number of anilines is 1. The summed E-state index contributed by atoms with van der Waals surface area (Å²) >= 11 is 0. The van der Waals surface area contributed by atoms with E-state index in [1.54, 1.807) is 12.0 Å². The normalized spacial score (nSPS) is 28.2. The lowest BCUT2D eigenvalue weighted by Gasteiger charge is -2.25. The fraction of sp³-hybridized carbons (Fsp3) is 0.562. The summed E-state index contributed by atoms with van der Waals surface area (Å²) in [5.41, 5.74) is 0.887. The van der Waals surface area contributed by atoms with Gasteiger partial charge in [0.2, 0.25) is 5.91 Å². The number of amides is 1. The number of nitrogens with one attached hydrogen (secondary N) is 1. The number of rotatable bonds is 3. The lowest BCUT2D eigenvalue weighted by molar-refractivity contribution is -0.120. The van der Waals surface area contributed by atoms with Crippen molar-refractivity contribution in [2.24, 2.45) is 11.8 Å². The molecule has 1 heterocycles. The molecule has 20 heavy (non-hydrogen) atoms. The van der Waals surface area contributed by atoms with Gasteiger partial charge in [-0.2, -0.15) is 0 Å². The Morgan fingerprint density at radius 3 is 3.05 bits per heavy atom. The topological polar surface area (TPSA) is 41.6 Å². The zero-order chi connectivity index (χ0) is 14.1. The lowest BCUT2D eigenvalue weighted by atomic mass is 9.93. The first-order valence-electron chi connectivity index (χ1n) is 7.35. The van der Waals surface area contributed by atoms with E-state index in [2.05, 4.69) is 5.32 Å². The number of carbonyl (C=O) groups excluding carboxylic acids is 1. The van der Waals surface area contributed by atoms with E-state index in [1.807, 2.05) is 31.3 Å². The third-order valence-electron chi connectivity index (χ3n) is 4.78. The average Bonchev–Trinajstić information content (AvgIpc) is 3.08. The monoisotopic (exact) mass is 274 g/mol. The first kappa shape index (κ1) is 13.4. The van der Waals surface area contributed by atoms with Crippen LogP contribution in [0.1, 0.15) is 19.3 Å². The molecular formula is C16H22N2O2. The molecule has 3 rings (SSSR count). The molecule has 1 saturated heterocycles. The first-order chi connectivity index (χ1) is 9.70. The third kappa shape index (κ3) is 2.29. The van der Waals surface area contributed by atoms with Gasteiger partial charge < -0.3 is 15.0 Å². The SMILES string of the molecule is COc1cccc(N(C)C(=O)C2NCC3CCCC32)c1. The second-order valence-electron chi connectivity index (χ2n) is 5.84. The Bertz CT molecular complexity index is 503. The van der Waals surface area contributed by atoms with Gasteiger partial charge in [-0.05, 0) is 43.4 Å². The fourth-order valence-corrected chi connectivity index (χ4v) is 3.61. The Labute approximate surface area is 120 Å². The van der Waals surface area contributed by atoms with Gasteiger partial charge in [0.15, 0.2) is 0 Å². The van der Waals surface area contributed by atoms with Crippen LogP contribution in [0.15, 0.2) is 24.3 Å². The van der Waals surface area contributed by atoms with Gasteiger partial charge in [0.25, 0.3) is 0 Å². The van der Waals surface area contributed by atoms with Crippen LogP contribution in [0.5, 0.6) is 5.75 Å². The number of hydrogen-bond donors (Lipinski definition) is 1. The Balaban J connectivity index is 1.76. The molecule has 1 aliphatic heterocycles. The summed E-state index contributed by atoms with van der Waals surface area (Å²) in [6, 6.07) is 7.64. The Hall–Kier alpha value is -1.55. The van der Waals surface area contributed by atoms with Crippen molar-refractivity contribution < 1.29 is 9.53 Å². The molecule has 3 unspecified atom stereocenters. The lowest BCUT2D eigenvalue weighted by Crippen LogP contribution is -2.44. The van der Waals surface area contributed by atoms with E-state index in [9.17, 15) is 4.79 Å². The molecule has 108 valence electrons. The maximum atomic E-state index is 12.7. The minimum absolute atomic E-state index is 0.0151. The predicted molar refractivity (Wildman–Crippen MR) is 79.0 cm³/mol. The van der Waals surface area contributed by atoms with Gasteiger partial charge in [0.05, 0.1) is 13.2 Å². The van der Waals surface area contributed by atoms with E-state index in [0.717, 1.165) is 18.0 Å². The maximum absolute atomic E-state index is 12.7. The summed E-state index contributed by atoms with van der Waals surface area (Å²) in [6.07, 6.45) is 3.72. The minimum atomic E-state index is -0.0151. The number of likely N-dealkylation sites (N-methyl/N-ethyl adjacent to an activating group) is 1. The fourth-order valence-electron chi connectivity index (χ4n) is 3.61. The van der Waals surface area contributed by atoms with Crippen LogP contribution in [0.2, 0.25) is 0 Å². The van der Waals surface area contributed by atoms with Crippen molar-refractivity contribution in [3.63, 3.8) is 0 Å². The molecule has 4 heteroatoms. The van der Waals surface area contributed by atoms with Crippen LogP contribution in [-0.2, 0) is 4.79 Å². The van der Waals surface area contributed by atoms with E-state index in [0.29, 0.717) is 11.8 Å². The third-order valence-corrected chi connectivity index (χ3v) is 4.78. The number of fused-ring (bicyclic) bond motifs is 1. The highest BCUT2D eigenvalue weighted by molar-refractivity contribution is 5.97. The molecule has 0 radical (unpaired) electrons. The highest BCUT2D eigenvalue weighted by Gasteiger charge is 2.43. The summed E-state index contributed by atoms with van der Waals surface area (Å²) < 4.78 is 5.23. The minimum Gasteiger partial charge on any atom is -0.497 e. The maximum Gasteiger partial charge on any atom is 0.244 e. The van der Waals surface area contributed by atoms with Gasteiger partial charge in [-0.25, -0.2) is 0 Å². The molecule has 4 nitrogen and oxygen atoms in total. The molecule has 1 aromatic rings. The van der Waals surface area contributed by atoms with Gasteiger partial charge in [0.1, 0.15) is 5.75 Å². The van der Waals surface area contributed by atoms with Crippen LogP contribution in [0, 0.1) is 11.8 Å². The molecule has 1 aliphatic carbocycles. The number of methoxy groups -OCH3 is 1. The molecule has 1 amide bonds. The zero-order valence-electron chi connectivity index (χ0n) is 12.1. The van der Waals surface area contributed by atoms with Crippen molar-refractivity contribution >= 4 is 11.6 Å². The van der Waals surface area contributed by atoms with Gasteiger partial charge >= 0.3 is 0 Å². The number of ether oxygens (including phenoxy) is 1. The molecule has 1 aromatic carbocycles. The van der Waals surface area contributed by atoms with E-state index in [-0.39, 0.29) is 11.9 Å². The zero-order valence-corrected chi connectivity index (χ0v) is 12.1. The van der Waals surface area contributed by atoms with E-state index in [4.69, 9.17) is 4.74 Å². The number of hydrogen-bond acceptors (Lipinski definition) is 3. The van der Waals surface area contributed by atoms with Crippen molar-refractivity contribution in [3.8, 4) is 5.75 Å². The highest BCUT2D eigenvalue weighted by Crippen LogP contribution is 2.38. The van der Waals surface area contributed by atoms with Gasteiger partial charge in [-0.15, -0.1) is 0 Å². The molecule has 2 fully saturated rings. The van der Waals surface area contributed by atoms with Crippen molar-refractivity contribution in [1.29, 1.82) is 0 Å². The molecular weight excluding hydrogens is 252 g/mol. The van der Waals surface area contributed by atoms with Gasteiger partial charge in [-0.3, -0.25) is 4.79 Å². The van der Waals surface area contributed by atoms with Crippen LogP contribution in [0.4, 0.5) is 5.69 Å². The molecule has 1 saturated carbocycles. The number of nitrogens with zero attached hydrogens (tertiary/aromatic N) is 1. The molecule has 0 bridgehead atoms. The predicted octanol–water partition coefficient (Wildman–Crippen LogP) is 2.05. The van der Waals surface area contributed by atoms with Crippen LogP contribution in [-0.4, -0.2) is 32.7 Å². The number of carbonyl (C=O) groups is 1. The van der Waals surface area contributed by atoms with E-state index in [1.165, 1.54) is 19.3 Å². The molecule has 1 N–H and O–H groups in total. The summed E-state index contributed by atoms with van der Waals surface area (Å²) in [6.45, 7) is 0.993. The van der Waals surface area contributed by atoms with Crippen molar-refractivity contribution in [3.05, 3.63) is 24.3 Å². The quantitative estimate of drug-likeness (QED) is 0.917. The average molecular weight is 274 g/mol. The van der Waals surface area contributed by atoms with Crippen LogP contribution in [0.25, 0.3) is 0 Å². The smallest absolute Gasteiger partial charge is 0.244 e. The molecule has 2 aliphatic rings. The molecule has 0 spiro atoms.